The van der Waals surface area contributed by atoms with Gasteiger partial charge in [-0.2, -0.15) is 0 Å². The van der Waals surface area contributed by atoms with Crippen molar-refractivity contribution >= 4 is 5.91 Å². The van der Waals surface area contributed by atoms with E-state index >= 15 is 0 Å². The highest BCUT2D eigenvalue weighted by molar-refractivity contribution is 5.91. The maximum Gasteiger partial charge on any atom is 0.271 e. The molecule has 3 rings (SSSR count). The molecule has 1 aromatic heterocycles. The normalized spacial score (nSPS) is 16.9. The van der Waals surface area contributed by atoms with E-state index in [9.17, 15) is 4.79 Å². The van der Waals surface area contributed by atoms with Gasteiger partial charge in [-0.25, -0.2) is 4.98 Å². The van der Waals surface area contributed by atoms with Crippen LogP contribution in [-0.4, -0.2) is 35.6 Å². The first-order valence-electron chi connectivity index (χ1n) is 7.48. The van der Waals surface area contributed by atoms with Crippen LogP contribution in [0, 0.1) is 0 Å². The van der Waals surface area contributed by atoms with Crippen molar-refractivity contribution < 1.29 is 9.53 Å². The van der Waals surface area contributed by atoms with Gasteiger partial charge < -0.3 is 10.1 Å². The molecule has 0 saturated carbocycles. The van der Waals surface area contributed by atoms with E-state index in [0.717, 1.165) is 26.1 Å². The van der Waals surface area contributed by atoms with Crippen molar-refractivity contribution in [2.45, 2.75) is 18.3 Å². The van der Waals surface area contributed by atoms with Gasteiger partial charge in [-0.15, -0.1) is 0 Å². The highest BCUT2D eigenvalue weighted by atomic mass is 16.5. The summed E-state index contributed by atoms with van der Waals surface area (Å²) < 4.78 is 5.50. The summed E-state index contributed by atoms with van der Waals surface area (Å²) in [4.78, 5) is 20.2. The summed E-state index contributed by atoms with van der Waals surface area (Å²) in [6.07, 6.45) is 6.36. The molecule has 5 heteroatoms. The van der Waals surface area contributed by atoms with Crippen molar-refractivity contribution in [1.82, 2.24) is 15.3 Å². The smallest absolute Gasteiger partial charge is 0.271 e. The lowest BCUT2D eigenvalue weighted by Crippen LogP contribution is -2.44. The number of rotatable bonds is 4. The molecule has 5 nitrogen and oxygen atoms in total. The second kappa shape index (κ2) is 6.66. The summed E-state index contributed by atoms with van der Waals surface area (Å²) in [5.74, 6) is -0.185. The molecular formula is C17H19N3O2. The first-order chi connectivity index (χ1) is 10.8. The van der Waals surface area contributed by atoms with Crippen molar-refractivity contribution in [2.24, 2.45) is 0 Å². The van der Waals surface area contributed by atoms with Crippen LogP contribution >= 0.6 is 0 Å². The minimum absolute atomic E-state index is 0.0720. The van der Waals surface area contributed by atoms with E-state index in [0.29, 0.717) is 12.2 Å². The largest absolute Gasteiger partial charge is 0.381 e. The molecule has 1 amide bonds. The van der Waals surface area contributed by atoms with Gasteiger partial charge >= 0.3 is 0 Å². The average Bonchev–Trinajstić information content (AvgIpc) is 2.62. The van der Waals surface area contributed by atoms with Crippen molar-refractivity contribution in [1.29, 1.82) is 0 Å². The molecule has 1 fully saturated rings. The third-order valence-electron chi connectivity index (χ3n) is 4.22. The highest BCUT2D eigenvalue weighted by Crippen LogP contribution is 2.34. The summed E-state index contributed by atoms with van der Waals surface area (Å²) in [6.45, 7) is 2.02. The van der Waals surface area contributed by atoms with Gasteiger partial charge in [0.2, 0.25) is 0 Å². The molecule has 2 aromatic rings. The number of carbonyl (C=O) groups excluding carboxylic acids is 1. The van der Waals surface area contributed by atoms with Gasteiger partial charge in [0.25, 0.3) is 5.91 Å². The predicted molar refractivity (Wildman–Crippen MR) is 82.5 cm³/mol. The number of nitrogens with one attached hydrogen (secondary N) is 1. The van der Waals surface area contributed by atoms with E-state index in [1.807, 2.05) is 18.2 Å². The number of nitrogens with zero attached hydrogens (tertiary/aromatic N) is 2. The first-order valence-corrected chi connectivity index (χ1v) is 7.48. The highest BCUT2D eigenvalue weighted by Gasteiger charge is 2.34. The van der Waals surface area contributed by atoms with Crippen LogP contribution < -0.4 is 5.32 Å². The van der Waals surface area contributed by atoms with Crippen LogP contribution in [0.25, 0.3) is 0 Å². The maximum absolute atomic E-state index is 12.2. The zero-order chi connectivity index (χ0) is 15.3. The van der Waals surface area contributed by atoms with Gasteiger partial charge in [0.15, 0.2) is 0 Å². The predicted octanol–water partition coefficient (Wildman–Crippen LogP) is 1.95. The molecule has 0 atom stereocenters. The molecule has 0 aliphatic carbocycles. The van der Waals surface area contributed by atoms with Gasteiger partial charge in [-0.1, -0.05) is 30.3 Å². The van der Waals surface area contributed by atoms with Gasteiger partial charge in [0, 0.05) is 37.6 Å². The zero-order valence-electron chi connectivity index (χ0n) is 12.4. The molecule has 114 valence electrons. The molecule has 1 aliphatic heterocycles. The number of ether oxygens (including phenoxy) is 1. The molecule has 1 N–H and O–H groups in total. The fourth-order valence-corrected chi connectivity index (χ4v) is 2.88. The summed E-state index contributed by atoms with van der Waals surface area (Å²) in [7, 11) is 0. The standard InChI is InChI=1S/C17H19N3O2/c21-16(15-12-18-8-9-19-15)20-13-17(6-10-22-11-7-17)14-4-2-1-3-5-14/h1-5,8-9,12H,6-7,10-11,13H2,(H,20,21). The van der Waals surface area contributed by atoms with Crippen molar-refractivity contribution in [3.8, 4) is 0 Å². The van der Waals surface area contributed by atoms with E-state index in [2.05, 4.69) is 27.4 Å². The second-order valence-corrected chi connectivity index (χ2v) is 5.53. The number of hydrogen-bond donors (Lipinski definition) is 1. The van der Waals surface area contributed by atoms with Gasteiger partial charge in [0.1, 0.15) is 5.69 Å². The SMILES string of the molecule is O=C(NCC1(c2ccccc2)CCOCC1)c1cnccn1. The third kappa shape index (κ3) is 3.14. The second-order valence-electron chi connectivity index (χ2n) is 5.53. The van der Waals surface area contributed by atoms with Crippen LogP contribution in [0.2, 0.25) is 0 Å². The van der Waals surface area contributed by atoms with Gasteiger partial charge in [-0.3, -0.25) is 9.78 Å². The summed E-state index contributed by atoms with van der Waals surface area (Å²) in [6, 6.07) is 10.3. The Bertz CT molecular complexity index is 610. The molecule has 1 aromatic carbocycles. The molecule has 0 spiro atoms. The number of carbonyl (C=O) groups is 1. The van der Waals surface area contributed by atoms with Crippen molar-refractivity contribution in [2.75, 3.05) is 19.8 Å². The molecule has 1 saturated heterocycles. The zero-order valence-corrected chi connectivity index (χ0v) is 12.4. The van der Waals surface area contributed by atoms with Crippen LogP contribution in [0.3, 0.4) is 0 Å². The van der Waals surface area contributed by atoms with E-state index < -0.39 is 0 Å². The third-order valence-corrected chi connectivity index (χ3v) is 4.22. The minimum Gasteiger partial charge on any atom is -0.381 e. The molecular weight excluding hydrogens is 278 g/mol. The lowest BCUT2D eigenvalue weighted by atomic mass is 9.74. The Morgan fingerprint density at radius 3 is 2.64 bits per heavy atom. The number of hydrogen-bond acceptors (Lipinski definition) is 4. The quantitative estimate of drug-likeness (QED) is 0.937. The van der Waals surface area contributed by atoms with Gasteiger partial charge in [-0.05, 0) is 18.4 Å². The molecule has 0 bridgehead atoms. The maximum atomic E-state index is 12.2. The van der Waals surface area contributed by atoms with E-state index in [1.165, 1.54) is 18.0 Å². The number of amides is 1. The fourth-order valence-electron chi connectivity index (χ4n) is 2.88. The Balaban J connectivity index is 1.75. The first kappa shape index (κ1) is 14.7. The Hall–Kier alpha value is -2.27. The van der Waals surface area contributed by atoms with Crippen LogP contribution in [0.4, 0.5) is 0 Å². The minimum atomic E-state index is -0.185. The summed E-state index contributed by atoms with van der Waals surface area (Å²) >= 11 is 0. The monoisotopic (exact) mass is 297 g/mol. The Labute approximate surface area is 129 Å². The van der Waals surface area contributed by atoms with Crippen molar-refractivity contribution in [3.05, 3.63) is 60.2 Å². The summed E-state index contributed by atoms with van der Waals surface area (Å²) in [5, 5.41) is 3.01. The fraction of sp³-hybridized carbons (Fsp3) is 0.353. The topological polar surface area (TPSA) is 64.1 Å². The molecule has 22 heavy (non-hydrogen) atoms. The molecule has 1 aliphatic rings. The number of aromatic nitrogens is 2. The Morgan fingerprint density at radius 1 is 1.18 bits per heavy atom. The van der Waals surface area contributed by atoms with E-state index in [-0.39, 0.29) is 11.3 Å². The lowest BCUT2D eigenvalue weighted by Gasteiger charge is -2.37. The van der Waals surface area contributed by atoms with E-state index in [4.69, 9.17) is 4.74 Å². The average molecular weight is 297 g/mol. The van der Waals surface area contributed by atoms with Crippen LogP contribution in [0.1, 0.15) is 28.9 Å². The van der Waals surface area contributed by atoms with Crippen LogP contribution in [0.15, 0.2) is 48.9 Å². The van der Waals surface area contributed by atoms with Crippen molar-refractivity contribution in [3.63, 3.8) is 0 Å². The lowest BCUT2D eigenvalue weighted by molar-refractivity contribution is 0.0486. The van der Waals surface area contributed by atoms with Gasteiger partial charge in [0.05, 0.1) is 6.20 Å². The van der Waals surface area contributed by atoms with Crippen LogP contribution in [0.5, 0.6) is 0 Å². The molecule has 0 radical (unpaired) electrons. The molecule has 0 unspecified atom stereocenters. The number of benzene rings is 1. The van der Waals surface area contributed by atoms with Crippen LogP contribution in [-0.2, 0) is 10.2 Å². The summed E-state index contributed by atoms with van der Waals surface area (Å²) in [5.41, 5.74) is 1.52. The Morgan fingerprint density at radius 2 is 1.95 bits per heavy atom. The van der Waals surface area contributed by atoms with E-state index in [1.54, 1.807) is 6.20 Å². The molecule has 2 heterocycles. The Kier molecular flexibility index (Phi) is 4.44.